The van der Waals surface area contributed by atoms with Crippen LogP contribution < -0.4 is 19.1 Å². The number of esters is 1. The fourth-order valence-electron chi connectivity index (χ4n) is 3.31. The lowest BCUT2D eigenvalue weighted by Gasteiger charge is -2.21. The van der Waals surface area contributed by atoms with Crippen LogP contribution in [0.1, 0.15) is 10.4 Å². The van der Waals surface area contributed by atoms with E-state index in [1.54, 1.807) is 48.5 Å². The van der Waals surface area contributed by atoms with Crippen LogP contribution in [0.2, 0.25) is 0 Å². The summed E-state index contributed by atoms with van der Waals surface area (Å²) in [7, 11) is -2.66. The highest BCUT2D eigenvalue weighted by molar-refractivity contribution is 7.92. The summed E-state index contributed by atoms with van der Waals surface area (Å²) >= 11 is 0. The summed E-state index contributed by atoms with van der Waals surface area (Å²) in [6.45, 7) is 0.257. The highest BCUT2D eigenvalue weighted by Crippen LogP contribution is 2.32. The lowest BCUT2D eigenvalue weighted by atomic mass is 10.2. The predicted octanol–water partition coefficient (Wildman–Crippen LogP) is 3.08. The van der Waals surface area contributed by atoms with Crippen molar-refractivity contribution in [2.45, 2.75) is 4.90 Å². The van der Waals surface area contributed by atoms with E-state index in [1.165, 1.54) is 31.3 Å². The van der Waals surface area contributed by atoms with Crippen LogP contribution in [0.15, 0.2) is 77.7 Å². The molecular formula is C24H22N2O7S. The van der Waals surface area contributed by atoms with Gasteiger partial charge in [-0.25, -0.2) is 13.2 Å². The van der Waals surface area contributed by atoms with Crippen LogP contribution in [0, 0.1) is 0 Å². The molecule has 10 heteroatoms. The largest absolute Gasteiger partial charge is 0.486 e. The number of rotatable bonds is 7. The van der Waals surface area contributed by atoms with Crippen LogP contribution in [0.5, 0.6) is 11.5 Å². The number of nitrogens with zero attached hydrogens (tertiary/aromatic N) is 1. The molecule has 0 spiro atoms. The molecule has 0 unspecified atom stereocenters. The molecule has 176 valence electrons. The Hall–Kier alpha value is -4.05. The highest BCUT2D eigenvalue weighted by Gasteiger charge is 2.27. The lowest BCUT2D eigenvalue weighted by Crippen LogP contribution is -2.28. The van der Waals surface area contributed by atoms with Crippen LogP contribution in [0.25, 0.3) is 0 Å². The smallest absolute Gasteiger partial charge is 0.340 e. The molecule has 0 fully saturated rings. The van der Waals surface area contributed by atoms with Crippen LogP contribution in [0.3, 0.4) is 0 Å². The number of carbonyl (C=O) groups is 2. The second-order valence-corrected chi connectivity index (χ2v) is 9.22. The van der Waals surface area contributed by atoms with E-state index in [4.69, 9.17) is 14.2 Å². The molecule has 3 aromatic rings. The van der Waals surface area contributed by atoms with Gasteiger partial charge in [0, 0.05) is 18.8 Å². The standard InChI is InChI=1S/C24H22N2O7S/c1-26(18-7-3-2-4-8-18)34(29,30)22-10-6-5-9-19(22)24(28)33-16-23(27)25-17-11-12-20-21(15-17)32-14-13-31-20/h2-12,15H,13-14,16H2,1H3,(H,25,27). The summed E-state index contributed by atoms with van der Waals surface area (Å²) in [6, 6.07) is 19.1. The van der Waals surface area contributed by atoms with Crippen molar-refractivity contribution in [1.29, 1.82) is 0 Å². The Labute approximate surface area is 196 Å². The van der Waals surface area contributed by atoms with Gasteiger partial charge in [-0.15, -0.1) is 0 Å². The van der Waals surface area contributed by atoms with Gasteiger partial charge in [-0.05, 0) is 36.4 Å². The molecule has 0 aliphatic carbocycles. The number of hydrogen-bond donors (Lipinski definition) is 1. The molecule has 1 N–H and O–H groups in total. The molecule has 0 saturated carbocycles. The molecule has 34 heavy (non-hydrogen) atoms. The third-order valence-corrected chi connectivity index (χ3v) is 6.87. The van der Waals surface area contributed by atoms with Crippen LogP contribution in [-0.2, 0) is 19.6 Å². The number of hydrogen-bond acceptors (Lipinski definition) is 7. The first kappa shape index (κ1) is 23.1. The summed E-state index contributed by atoms with van der Waals surface area (Å²) in [5.41, 5.74) is 0.708. The minimum Gasteiger partial charge on any atom is -0.486 e. The Bertz CT molecular complexity index is 1310. The van der Waals surface area contributed by atoms with Gasteiger partial charge in [-0.2, -0.15) is 0 Å². The van der Waals surface area contributed by atoms with Crippen molar-refractivity contribution < 1.29 is 32.2 Å². The number of ether oxygens (including phenoxy) is 3. The Morgan fingerprint density at radius 3 is 2.38 bits per heavy atom. The number of sulfonamides is 1. The maximum absolute atomic E-state index is 13.2. The van der Waals surface area contributed by atoms with Crippen molar-refractivity contribution in [3.63, 3.8) is 0 Å². The summed E-state index contributed by atoms with van der Waals surface area (Å²) in [5.74, 6) is -0.443. The Morgan fingerprint density at radius 1 is 0.941 bits per heavy atom. The number of nitrogens with one attached hydrogen (secondary N) is 1. The van der Waals surface area contributed by atoms with Gasteiger partial charge in [-0.3, -0.25) is 9.10 Å². The maximum atomic E-state index is 13.2. The summed E-state index contributed by atoms with van der Waals surface area (Å²) in [4.78, 5) is 24.8. The fraction of sp³-hybridized carbons (Fsp3) is 0.167. The van der Waals surface area contributed by atoms with E-state index in [2.05, 4.69) is 5.32 Å². The number of benzene rings is 3. The zero-order valence-corrected chi connectivity index (χ0v) is 19.1. The Kier molecular flexibility index (Phi) is 6.69. The molecule has 1 aliphatic rings. The first-order valence-electron chi connectivity index (χ1n) is 10.4. The highest BCUT2D eigenvalue weighted by atomic mass is 32.2. The van der Waals surface area contributed by atoms with E-state index in [0.717, 1.165) is 4.31 Å². The molecule has 1 heterocycles. The number of carbonyl (C=O) groups excluding carboxylic acids is 2. The molecule has 1 aliphatic heterocycles. The number of amides is 1. The number of para-hydroxylation sites is 1. The summed E-state index contributed by atoms with van der Waals surface area (Å²) in [6.07, 6.45) is 0. The average molecular weight is 483 g/mol. The van der Waals surface area contributed by atoms with Gasteiger partial charge in [0.1, 0.15) is 18.1 Å². The predicted molar refractivity (Wildman–Crippen MR) is 125 cm³/mol. The molecule has 1 amide bonds. The van der Waals surface area contributed by atoms with Gasteiger partial charge >= 0.3 is 5.97 Å². The maximum Gasteiger partial charge on any atom is 0.340 e. The molecule has 0 aromatic heterocycles. The van der Waals surface area contributed by atoms with Crippen molar-refractivity contribution in [1.82, 2.24) is 0 Å². The van der Waals surface area contributed by atoms with Crippen molar-refractivity contribution in [3.8, 4) is 11.5 Å². The van der Waals surface area contributed by atoms with Gasteiger partial charge in [-0.1, -0.05) is 30.3 Å². The van der Waals surface area contributed by atoms with Crippen molar-refractivity contribution in [2.75, 3.05) is 36.5 Å². The third kappa shape index (κ3) is 4.96. The molecule has 0 bridgehead atoms. The van der Waals surface area contributed by atoms with Gasteiger partial charge < -0.3 is 19.5 Å². The second kappa shape index (κ2) is 9.84. The SMILES string of the molecule is CN(c1ccccc1)S(=O)(=O)c1ccccc1C(=O)OCC(=O)Nc1ccc2c(c1)OCCO2. The minimum absolute atomic E-state index is 0.169. The van der Waals surface area contributed by atoms with Crippen LogP contribution >= 0.6 is 0 Å². The molecule has 0 saturated heterocycles. The normalized spacial score (nSPS) is 12.5. The number of anilines is 2. The van der Waals surface area contributed by atoms with E-state index in [1.807, 2.05) is 0 Å². The van der Waals surface area contributed by atoms with Crippen molar-refractivity contribution >= 4 is 33.3 Å². The zero-order chi connectivity index (χ0) is 24.1. The lowest BCUT2D eigenvalue weighted by molar-refractivity contribution is -0.119. The molecule has 0 atom stereocenters. The fourth-order valence-corrected chi connectivity index (χ4v) is 4.69. The van der Waals surface area contributed by atoms with E-state index in [9.17, 15) is 18.0 Å². The second-order valence-electron chi connectivity index (χ2n) is 7.29. The van der Waals surface area contributed by atoms with Gasteiger partial charge in [0.15, 0.2) is 18.1 Å². The van der Waals surface area contributed by atoms with Crippen LogP contribution in [0.4, 0.5) is 11.4 Å². The van der Waals surface area contributed by atoms with E-state index in [0.29, 0.717) is 36.1 Å². The van der Waals surface area contributed by atoms with E-state index in [-0.39, 0.29) is 10.5 Å². The first-order valence-corrected chi connectivity index (χ1v) is 11.8. The minimum atomic E-state index is -4.06. The molecule has 9 nitrogen and oxygen atoms in total. The summed E-state index contributed by atoms with van der Waals surface area (Å²) in [5, 5.41) is 2.61. The van der Waals surface area contributed by atoms with E-state index < -0.39 is 28.5 Å². The Morgan fingerprint density at radius 2 is 1.62 bits per heavy atom. The molecule has 4 rings (SSSR count). The third-order valence-electron chi connectivity index (χ3n) is 5.03. The summed E-state index contributed by atoms with van der Waals surface area (Å²) < 4.78 is 43.4. The molecule has 0 radical (unpaired) electrons. The first-order chi connectivity index (χ1) is 16.4. The van der Waals surface area contributed by atoms with Crippen molar-refractivity contribution in [2.24, 2.45) is 0 Å². The van der Waals surface area contributed by atoms with Gasteiger partial charge in [0.25, 0.3) is 15.9 Å². The quantitative estimate of drug-likeness (QED) is 0.515. The molecular weight excluding hydrogens is 460 g/mol. The van der Waals surface area contributed by atoms with Crippen molar-refractivity contribution in [3.05, 3.63) is 78.4 Å². The zero-order valence-electron chi connectivity index (χ0n) is 18.3. The van der Waals surface area contributed by atoms with E-state index >= 15 is 0 Å². The number of fused-ring (bicyclic) bond motifs is 1. The topological polar surface area (TPSA) is 111 Å². The monoisotopic (exact) mass is 482 g/mol. The van der Waals surface area contributed by atoms with Gasteiger partial charge in [0.2, 0.25) is 0 Å². The Balaban J connectivity index is 1.44. The average Bonchev–Trinajstić information content (AvgIpc) is 2.87. The molecule has 3 aromatic carbocycles. The van der Waals surface area contributed by atoms with Gasteiger partial charge in [0.05, 0.1) is 11.3 Å². The van der Waals surface area contributed by atoms with Crippen LogP contribution in [-0.4, -0.2) is 47.2 Å².